The molecule has 1 atom stereocenters. The van der Waals surface area contributed by atoms with Gasteiger partial charge in [0, 0.05) is 12.5 Å². The molecule has 2 saturated carbocycles. The van der Waals surface area contributed by atoms with Crippen molar-refractivity contribution in [3.05, 3.63) is 30.1 Å². The van der Waals surface area contributed by atoms with Crippen LogP contribution in [0.5, 0.6) is 0 Å². The van der Waals surface area contributed by atoms with E-state index in [1.807, 2.05) is 6.07 Å². The van der Waals surface area contributed by atoms with Crippen LogP contribution in [0.15, 0.2) is 29.4 Å². The van der Waals surface area contributed by atoms with Gasteiger partial charge in [-0.2, -0.15) is 0 Å². The maximum Gasteiger partial charge on any atom is 0.192 e. The third-order valence-corrected chi connectivity index (χ3v) is 6.49. The predicted octanol–water partition coefficient (Wildman–Crippen LogP) is 4.80. The first kappa shape index (κ1) is 16.8. The fourth-order valence-electron chi connectivity index (χ4n) is 3.88. The van der Waals surface area contributed by atoms with Crippen molar-refractivity contribution in [2.75, 3.05) is 0 Å². The number of Topliss-reactive ketones (excluding diaryl/α,β-unsaturated/α-hetero) is 1. The van der Waals surface area contributed by atoms with Gasteiger partial charge in [0.15, 0.2) is 11.0 Å². The topological polar surface area (TPSA) is 47.8 Å². The average molecular weight is 359 g/mol. The Morgan fingerprint density at radius 3 is 2.56 bits per heavy atom. The zero-order valence-electron chi connectivity index (χ0n) is 14.2. The van der Waals surface area contributed by atoms with E-state index in [4.69, 9.17) is 0 Å². The van der Waals surface area contributed by atoms with E-state index in [1.54, 1.807) is 12.1 Å². The normalized spacial score (nSPS) is 21.8. The van der Waals surface area contributed by atoms with E-state index < -0.39 is 0 Å². The Balaban J connectivity index is 1.72. The summed E-state index contributed by atoms with van der Waals surface area (Å²) in [6, 6.07) is 7.02. The second kappa shape index (κ2) is 7.28. The number of nitrogens with zero attached hydrogens (tertiary/aromatic N) is 3. The molecule has 1 heterocycles. The van der Waals surface area contributed by atoms with Gasteiger partial charge in [0.25, 0.3) is 0 Å². The van der Waals surface area contributed by atoms with Gasteiger partial charge in [0.2, 0.25) is 0 Å². The summed E-state index contributed by atoms with van der Waals surface area (Å²) < 4.78 is 16.4. The van der Waals surface area contributed by atoms with Crippen molar-refractivity contribution in [1.82, 2.24) is 14.8 Å². The molecular formula is C19H22FN3OS. The minimum absolute atomic E-state index is 0.0356. The largest absolute Gasteiger partial charge is 0.299 e. The van der Waals surface area contributed by atoms with E-state index in [0.717, 1.165) is 37.3 Å². The fraction of sp³-hybridized carbons (Fsp3) is 0.526. The average Bonchev–Trinajstić information content (AvgIpc) is 3.27. The number of rotatable bonds is 4. The molecule has 4 rings (SSSR count). The number of hydrogen-bond donors (Lipinski definition) is 0. The lowest BCUT2D eigenvalue weighted by Crippen LogP contribution is -2.22. The molecule has 0 N–H and O–H groups in total. The molecule has 0 amide bonds. The molecule has 0 unspecified atom stereocenters. The third-order valence-electron chi connectivity index (χ3n) is 5.22. The van der Waals surface area contributed by atoms with Gasteiger partial charge in [-0.05, 0) is 37.8 Å². The molecule has 2 fully saturated rings. The smallest absolute Gasteiger partial charge is 0.192 e. The second-order valence-corrected chi connectivity index (χ2v) is 8.08. The van der Waals surface area contributed by atoms with E-state index in [9.17, 15) is 9.18 Å². The molecule has 1 aromatic carbocycles. The molecule has 132 valence electrons. The molecule has 0 radical (unpaired) electrons. The van der Waals surface area contributed by atoms with Gasteiger partial charge in [-0.15, -0.1) is 10.2 Å². The predicted molar refractivity (Wildman–Crippen MR) is 96.0 cm³/mol. The molecule has 0 aliphatic heterocycles. The maximum absolute atomic E-state index is 14.3. The van der Waals surface area contributed by atoms with Crippen LogP contribution in [0.25, 0.3) is 11.4 Å². The van der Waals surface area contributed by atoms with Gasteiger partial charge in [-0.25, -0.2) is 4.39 Å². The third kappa shape index (κ3) is 3.36. The van der Waals surface area contributed by atoms with Crippen molar-refractivity contribution in [3.63, 3.8) is 0 Å². The number of benzene rings is 1. The van der Waals surface area contributed by atoms with Gasteiger partial charge in [0.05, 0.1) is 10.8 Å². The van der Waals surface area contributed by atoms with Crippen molar-refractivity contribution in [3.8, 4) is 11.4 Å². The highest BCUT2D eigenvalue weighted by Gasteiger charge is 2.30. The van der Waals surface area contributed by atoms with Crippen molar-refractivity contribution < 1.29 is 9.18 Å². The van der Waals surface area contributed by atoms with Crippen LogP contribution in [0.3, 0.4) is 0 Å². The van der Waals surface area contributed by atoms with Crippen LogP contribution in [0.2, 0.25) is 0 Å². The fourth-order valence-corrected chi connectivity index (χ4v) is 5.10. The van der Waals surface area contributed by atoms with Gasteiger partial charge < -0.3 is 0 Å². The monoisotopic (exact) mass is 359 g/mol. The Kier molecular flexibility index (Phi) is 4.88. The zero-order chi connectivity index (χ0) is 17.2. The molecular weight excluding hydrogens is 337 g/mol. The van der Waals surface area contributed by atoms with Crippen LogP contribution in [-0.4, -0.2) is 25.8 Å². The highest BCUT2D eigenvalue weighted by atomic mass is 32.2. The first-order chi connectivity index (χ1) is 12.2. The number of aromatic nitrogens is 3. The van der Waals surface area contributed by atoms with Crippen LogP contribution in [0.1, 0.15) is 57.4 Å². The molecule has 4 nitrogen and oxygen atoms in total. The van der Waals surface area contributed by atoms with Crippen molar-refractivity contribution in [2.24, 2.45) is 0 Å². The summed E-state index contributed by atoms with van der Waals surface area (Å²) in [5, 5.41) is 9.42. The summed E-state index contributed by atoms with van der Waals surface area (Å²) in [6.45, 7) is 0. The lowest BCUT2D eigenvalue weighted by Gasteiger charge is -2.22. The van der Waals surface area contributed by atoms with E-state index in [1.165, 1.54) is 30.7 Å². The Bertz CT molecular complexity index is 770. The quantitative estimate of drug-likeness (QED) is 0.786. The first-order valence-electron chi connectivity index (χ1n) is 9.13. The van der Waals surface area contributed by atoms with Crippen LogP contribution in [0.4, 0.5) is 4.39 Å². The Morgan fingerprint density at radius 2 is 1.80 bits per heavy atom. The molecule has 0 saturated heterocycles. The van der Waals surface area contributed by atoms with Crippen LogP contribution in [-0.2, 0) is 4.79 Å². The Morgan fingerprint density at radius 1 is 1.04 bits per heavy atom. The van der Waals surface area contributed by atoms with E-state index in [0.29, 0.717) is 29.6 Å². The SMILES string of the molecule is O=C1CCCC[C@H]1Sc1nnc(-c2ccccc2F)n1C1CCCC1. The van der Waals surface area contributed by atoms with Crippen LogP contribution >= 0.6 is 11.8 Å². The number of thioether (sulfide) groups is 1. The number of carbonyl (C=O) groups is 1. The summed E-state index contributed by atoms with van der Waals surface area (Å²) in [5.41, 5.74) is 0.490. The first-order valence-corrected chi connectivity index (χ1v) is 10.0. The van der Waals surface area contributed by atoms with Gasteiger partial charge in [-0.3, -0.25) is 9.36 Å². The summed E-state index contributed by atoms with van der Waals surface area (Å²) in [5.74, 6) is 0.625. The summed E-state index contributed by atoms with van der Waals surface area (Å²) in [7, 11) is 0. The van der Waals surface area contributed by atoms with Crippen LogP contribution in [0, 0.1) is 5.82 Å². The highest BCUT2D eigenvalue weighted by molar-refractivity contribution is 8.00. The van der Waals surface area contributed by atoms with E-state index in [2.05, 4.69) is 14.8 Å². The maximum atomic E-state index is 14.3. The molecule has 6 heteroatoms. The molecule has 25 heavy (non-hydrogen) atoms. The van der Waals surface area contributed by atoms with Crippen molar-refractivity contribution >= 4 is 17.5 Å². The zero-order valence-corrected chi connectivity index (χ0v) is 15.0. The standard InChI is InChI=1S/C19H22FN3OS/c20-15-10-4-3-9-14(15)18-21-22-19(23(18)13-7-1-2-8-13)25-17-12-6-5-11-16(17)24/h3-4,9-10,13,17H,1-2,5-8,11-12H2/t17-/m1/s1. The van der Waals surface area contributed by atoms with Gasteiger partial charge >= 0.3 is 0 Å². The number of hydrogen-bond acceptors (Lipinski definition) is 4. The summed E-state index contributed by atoms with van der Waals surface area (Å²) >= 11 is 1.52. The van der Waals surface area contributed by atoms with Crippen molar-refractivity contribution in [2.45, 2.75) is 67.8 Å². The minimum Gasteiger partial charge on any atom is -0.299 e. The summed E-state index contributed by atoms with van der Waals surface area (Å²) in [6.07, 6.45) is 8.10. The van der Waals surface area contributed by atoms with E-state index >= 15 is 0 Å². The number of ketones is 1. The molecule has 2 aliphatic carbocycles. The number of halogens is 1. The Hall–Kier alpha value is -1.69. The molecule has 2 aromatic rings. The minimum atomic E-state index is -0.278. The van der Waals surface area contributed by atoms with E-state index in [-0.39, 0.29) is 11.1 Å². The molecule has 1 aromatic heterocycles. The second-order valence-electron chi connectivity index (χ2n) is 6.91. The van der Waals surface area contributed by atoms with Crippen LogP contribution < -0.4 is 0 Å². The highest BCUT2D eigenvalue weighted by Crippen LogP contribution is 2.39. The number of carbonyl (C=O) groups excluding carboxylic acids is 1. The lowest BCUT2D eigenvalue weighted by atomic mass is 9.99. The Labute approximate surface area is 151 Å². The van der Waals surface area contributed by atoms with Crippen molar-refractivity contribution in [1.29, 1.82) is 0 Å². The summed E-state index contributed by atoms with van der Waals surface area (Å²) in [4.78, 5) is 12.2. The van der Waals surface area contributed by atoms with Gasteiger partial charge in [-0.1, -0.05) is 43.2 Å². The molecule has 0 bridgehead atoms. The molecule has 2 aliphatic rings. The van der Waals surface area contributed by atoms with Gasteiger partial charge in [0.1, 0.15) is 11.6 Å². The lowest BCUT2D eigenvalue weighted by molar-refractivity contribution is -0.119. The molecule has 0 spiro atoms.